The van der Waals surface area contributed by atoms with Gasteiger partial charge >= 0.3 is 0 Å². The van der Waals surface area contributed by atoms with Crippen LogP contribution in [0.4, 0.5) is 0 Å². The molecule has 0 bridgehead atoms. The van der Waals surface area contributed by atoms with Crippen molar-refractivity contribution in [2.45, 2.75) is 29.4 Å². The zero-order valence-electron chi connectivity index (χ0n) is 10.2. The Morgan fingerprint density at radius 1 is 1.41 bits per heavy atom. The molecule has 1 aromatic carbocycles. The number of hydrogen-bond acceptors (Lipinski definition) is 3. The van der Waals surface area contributed by atoms with Crippen molar-refractivity contribution >= 4 is 23.5 Å². The van der Waals surface area contributed by atoms with E-state index < -0.39 is 0 Å². The molecule has 1 fully saturated rings. The first-order valence-electron chi connectivity index (χ1n) is 6.27. The third kappa shape index (κ3) is 2.51. The van der Waals surface area contributed by atoms with E-state index in [-0.39, 0.29) is 0 Å². The molecule has 1 aliphatic heterocycles. The van der Waals surface area contributed by atoms with E-state index >= 15 is 0 Å². The normalized spacial score (nSPS) is 25.4. The molecule has 0 amide bonds. The molecule has 1 saturated carbocycles. The standard InChI is InChI=1S/C14H19NS2/c1-16-14(6-7-14)10-15-13-9-17-8-11-4-2-3-5-12(11)13/h2-5,13,15H,6-10H2,1H3. The number of thioether (sulfide) groups is 2. The van der Waals surface area contributed by atoms with Gasteiger partial charge in [0.2, 0.25) is 0 Å². The van der Waals surface area contributed by atoms with Crippen LogP contribution < -0.4 is 5.32 Å². The molecule has 0 spiro atoms. The van der Waals surface area contributed by atoms with Gasteiger partial charge in [-0.05, 0) is 30.2 Å². The Morgan fingerprint density at radius 3 is 3.00 bits per heavy atom. The maximum absolute atomic E-state index is 3.79. The summed E-state index contributed by atoms with van der Waals surface area (Å²) in [6.07, 6.45) is 5.03. The molecular formula is C14H19NS2. The van der Waals surface area contributed by atoms with Gasteiger partial charge in [-0.3, -0.25) is 0 Å². The molecule has 1 aromatic rings. The summed E-state index contributed by atoms with van der Waals surface area (Å²) < 4.78 is 0.567. The lowest BCUT2D eigenvalue weighted by Gasteiger charge is -2.27. The van der Waals surface area contributed by atoms with Crippen molar-refractivity contribution in [3.8, 4) is 0 Å². The number of benzene rings is 1. The molecule has 1 nitrogen and oxygen atoms in total. The second-order valence-electron chi connectivity index (χ2n) is 5.03. The summed E-state index contributed by atoms with van der Waals surface area (Å²) in [4.78, 5) is 0. The Hall–Kier alpha value is -0.120. The van der Waals surface area contributed by atoms with Gasteiger partial charge in [0.25, 0.3) is 0 Å². The highest BCUT2D eigenvalue weighted by Gasteiger charge is 2.42. The first-order valence-corrected chi connectivity index (χ1v) is 8.65. The monoisotopic (exact) mass is 265 g/mol. The van der Waals surface area contributed by atoms with E-state index in [0.717, 1.165) is 0 Å². The number of nitrogens with one attached hydrogen (secondary N) is 1. The lowest BCUT2D eigenvalue weighted by atomic mass is 10.0. The molecule has 1 atom stereocenters. The van der Waals surface area contributed by atoms with Gasteiger partial charge in [0.05, 0.1) is 0 Å². The van der Waals surface area contributed by atoms with Gasteiger partial charge in [-0.2, -0.15) is 23.5 Å². The fourth-order valence-corrected chi connectivity index (χ4v) is 4.32. The van der Waals surface area contributed by atoms with Gasteiger partial charge in [-0.25, -0.2) is 0 Å². The fourth-order valence-electron chi connectivity index (χ4n) is 2.45. The minimum Gasteiger partial charge on any atom is -0.308 e. The maximum Gasteiger partial charge on any atom is 0.0415 e. The first-order chi connectivity index (χ1) is 8.33. The van der Waals surface area contributed by atoms with E-state index in [1.54, 1.807) is 0 Å². The van der Waals surface area contributed by atoms with E-state index in [9.17, 15) is 0 Å². The van der Waals surface area contributed by atoms with Crippen molar-refractivity contribution in [3.05, 3.63) is 35.4 Å². The summed E-state index contributed by atoms with van der Waals surface area (Å²) in [5.74, 6) is 2.41. The number of fused-ring (bicyclic) bond motifs is 1. The quantitative estimate of drug-likeness (QED) is 0.895. The van der Waals surface area contributed by atoms with E-state index in [1.807, 2.05) is 11.8 Å². The largest absolute Gasteiger partial charge is 0.308 e. The molecule has 1 heterocycles. The second-order valence-corrected chi connectivity index (χ2v) is 7.34. The molecule has 92 valence electrons. The summed E-state index contributed by atoms with van der Waals surface area (Å²) >= 11 is 4.09. The van der Waals surface area contributed by atoms with Crippen molar-refractivity contribution in [2.75, 3.05) is 18.6 Å². The van der Waals surface area contributed by atoms with Crippen molar-refractivity contribution in [1.29, 1.82) is 0 Å². The van der Waals surface area contributed by atoms with Crippen molar-refractivity contribution < 1.29 is 0 Å². The van der Waals surface area contributed by atoms with Gasteiger partial charge in [-0.1, -0.05) is 24.3 Å². The molecule has 3 rings (SSSR count). The van der Waals surface area contributed by atoms with Gasteiger partial charge in [0, 0.05) is 28.8 Å². The topological polar surface area (TPSA) is 12.0 Å². The van der Waals surface area contributed by atoms with Crippen LogP contribution >= 0.6 is 23.5 Å². The third-order valence-electron chi connectivity index (χ3n) is 3.88. The minimum atomic E-state index is 0.564. The predicted molar refractivity (Wildman–Crippen MR) is 78.8 cm³/mol. The highest BCUT2D eigenvalue weighted by atomic mass is 32.2. The Labute approximate surface area is 112 Å². The Bertz CT molecular complexity index is 401. The molecule has 0 aromatic heterocycles. The van der Waals surface area contributed by atoms with Crippen molar-refractivity contribution in [3.63, 3.8) is 0 Å². The van der Waals surface area contributed by atoms with Crippen molar-refractivity contribution in [1.82, 2.24) is 5.32 Å². The summed E-state index contributed by atoms with van der Waals surface area (Å²) in [7, 11) is 0. The Balaban J connectivity index is 1.68. The molecule has 1 N–H and O–H groups in total. The SMILES string of the molecule is CSC1(CNC2CSCc3ccccc32)CC1. The zero-order chi connectivity index (χ0) is 11.7. The van der Waals surface area contributed by atoms with E-state index in [2.05, 4.69) is 47.6 Å². The van der Waals surface area contributed by atoms with Crippen LogP contribution in [-0.2, 0) is 5.75 Å². The lowest BCUT2D eigenvalue weighted by Crippen LogP contribution is -2.33. The summed E-state index contributed by atoms with van der Waals surface area (Å²) in [6.45, 7) is 1.17. The average Bonchev–Trinajstić information content (AvgIpc) is 3.17. The van der Waals surface area contributed by atoms with Crippen LogP contribution in [0.1, 0.15) is 30.0 Å². The summed E-state index contributed by atoms with van der Waals surface area (Å²) in [6, 6.07) is 9.47. The first kappa shape index (κ1) is 11.9. The average molecular weight is 265 g/mol. The van der Waals surface area contributed by atoms with Crippen LogP contribution in [0.2, 0.25) is 0 Å². The van der Waals surface area contributed by atoms with Crippen LogP contribution in [0.5, 0.6) is 0 Å². The molecule has 1 unspecified atom stereocenters. The molecule has 2 aliphatic rings. The molecule has 0 radical (unpaired) electrons. The van der Waals surface area contributed by atoms with Gasteiger partial charge in [0.1, 0.15) is 0 Å². The van der Waals surface area contributed by atoms with Crippen LogP contribution in [0.15, 0.2) is 24.3 Å². The summed E-state index contributed by atoms with van der Waals surface area (Å²) in [5, 5.41) is 3.79. The van der Waals surface area contributed by atoms with E-state index in [1.165, 1.54) is 42.0 Å². The predicted octanol–water partition coefficient (Wildman–Crippen LogP) is 3.46. The number of rotatable bonds is 4. The molecule has 1 aliphatic carbocycles. The third-order valence-corrected chi connectivity index (χ3v) is 6.39. The summed E-state index contributed by atoms with van der Waals surface area (Å²) in [5.41, 5.74) is 3.05. The minimum absolute atomic E-state index is 0.564. The molecule has 0 saturated heterocycles. The smallest absolute Gasteiger partial charge is 0.0415 e. The maximum atomic E-state index is 3.79. The van der Waals surface area contributed by atoms with Crippen LogP contribution in [0, 0.1) is 0 Å². The van der Waals surface area contributed by atoms with Crippen molar-refractivity contribution in [2.24, 2.45) is 0 Å². The second kappa shape index (κ2) is 4.87. The molecule has 3 heteroatoms. The molecule has 17 heavy (non-hydrogen) atoms. The highest BCUT2D eigenvalue weighted by molar-refractivity contribution is 8.00. The Kier molecular flexibility index (Phi) is 3.42. The van der Waals surface area contributed by atoms with Gasteiger partial charge in [0.15, 0.2) is 0 Å². The van der Waals surface area contributed by atoms with Crippen LogP contribution in [0.25, 0.3) is 0 Å². The van der Waals surface area contributed by atoms with Gasteiger partial charge < -0.3 is 5.32 Å². The zero-order valence-corrected chi connectivity index (χ0v) is 11.9. The lowest BCUT2D eigenvalue weighted by molar-refractivity contribution is 0.564. The van der Waals surface area contributed by atoms with E-state index in [4.69, 9.17) is 0 Å². The Morgan fingerprint density at radius 2 is 2.24 bits per heavy atom. The van der Waals surface area contributed by atoms with Crippen LogP contribution in [-0.4, -0.2) is 23.3 Å². The molecular weight excluding hydrogens is 246 g/mol. The number of hydrogen-bond donors (Lipinski definition) is 1. The fraction of sp³-hybridized carbons (Fsp3) is 0.571. The van der Waals surface area contributed by atoms with E-state index in [0.29, 0.717) is 10.8 Å². The van der Waals surface area contributed by atoms with Gasteiger partial charge in [-0.15, -0.1) is 0 Å². The van der Waals surface area contributed by atoms with Crippen LogP contribution in [0.3, 0.4) is 0 Å². The highest BCUT2D eigenvalue weighted by Crippen LogP contribution is 2.47.